The lowest BCUT2D eigenvalue weighted by Gasteiger charge is -2.22. The van der Waals surface area contributed by atoms with E-state index in [4.69, 9.17) is 4.74 Å². The standard InChI is InChI=1S/C25H25N3O4S/c1-4-14-32-18-12-10-16(11-13-18)21-20(22(29)17-8-6-15(3)7-9-17)23(30)24(31)28(21)25-27-26-19(5-2)33-25/h6-13,21,29H,4-5,14H2,1-3H3/b22-20+. The molecule has 1 aliphatic heterocycles. The molecule has 1 atom stereocenters. The summed E-state index contributed by atoms with van der Waals surface area (Å²) in [5, 5.41) is 20.5. The average molecular weight is 464 g/mol. The summed E-state index contributed by atoms with van der Waals surface area (Å²) in [4.78, 5) is 27.6. The van der Waals surface area contributed by atoms with Gasteiger partial charge in [0, 0.05) is 5.56 Å². The zero-order chi connectivity index (χ0) is 23.5. The number of anilines is 1. The number of ketones is 1. The molecule has 1 aromatic heterocycles. The average Bonchev–Trinajstić information content (AvgIpc) is 3.40. The summed E-state index contributed by atoms with van der Waals surface area (Å²) in [7, 11) is 0. The van der Waals surface area contributed by atoms with E-state index in [1.165, 1.54) is 16.2 Å². The van der Waals surface area contributed by atoms with E-state index in [0.29, 0.717) is 35.0 Å². The van der Waals surface area contributed by atoms with Crippen LogP contribution < -0.4 is 9.64 Å². The van der Waals surface area contributed by atoms with Crippen LogP contribution in [0.3, 0.4) is 0 Å². The first kappa shape index (κ1) is 22.7. The van der Waals surface area contributed by atoms with Gasteiger partial charge >= 0.3 is 5.91 Å². The third-order valence-electron chi connectivity index (χ3n) is 5.40. The van der Waals surface area contributed by atoms with E-state index < -0.39 is 17.7 Å². The van der Waals surface area contributed by atoms with Gasteiger partial charge in [0.2, 0.25) is 5.13 Å². The molecule has 3 aromatic rings. The molecule has 1 amide bonds. The minimum Gasteiger partial charge on any atom is -0.507 e. The number of ether oxygens (including phenoxy) is 1. The van der Waals surface area contributed by atoms with E-state index in [1.54, 1.807) is 36.4 Å². The Bertz CT molecular complexity index is 1200. The summed E-state index contributed by atoms with van der Waals surface area (Å²) < 4.78 is 5.67. The van der Waals surface area contributed by atoms with Crippen molar-refractivity contribution in [3.8, 4) is 5.75 Å². The fourth-order valence-corrected chi connectivity index (χ4v) is 4.47. The molecule has 8 heteroatoms. The monoisotopic (exact) mass is 463 g/mol. The lowest BCUT2D eigenvalue weighted by Crippen LogP contribution is -2.29. The van der Waals surface area contributed by atoms with Crippen molar-refractivity contribution < 1.29 is 19.4 Å². The van der Waals surface area contributed by atoms with E-state index in [2.05, 4.69) is 10.2 Å². The van der Waals surface area contributed by atoms with Gasteiger partial charge in [0.25, 0.3) is 5.78 Å². The minimum atomic E-state index is -0.829. The third-order valence-corrected chi connectivity index (χ3v) is 6.47. The first-order chi connectivity index (χ1) is 15.9. The van der Waals surface area contributed by atoms with E-state index >= 15 is 0 Å². The molecule has 1 fully saturated rings. The Kier molecular flexibility index (Phi) is 6.55. The molecule has 0 saturated carbocycles. The summed E-state index contributed by atoms with van der Waals surface area (Å²) in [5.74, 6) is -1.01. The number of amides is 1. The predicted octanol–water partition coefficient (Wildman–Crippen LogP) is 4.82. The van der Waals surface area contributed by atoms with E-state index in [9.17, 15) is 14.7 Å². The van der Waals surface area contributed by atoms with Crippen LogP contribution in [0.2, 0.25) is 0 Å². The van der Waals surface area contributed by atoms with Crippen LogP contribution in [0.15, 0.2) is 54.1 Å². The van der Waals surface area contributed by atoms with E-state index in [-0.39, 0.29) is 11.3 Å². The molecule has 1 N–H and O–H groups in total. The van der Waals surface area contributed by atoms with Gasteiger partial charge in [-0.1, -0.05) is 67.1 Å². The molecule has 170 valence electrons. The van der Waals surface area contributed by atoms with Gasteiger partial charge in [0.15, 0.2) is 0 Å². The number of carbonyl (C=O) groups is 2. The second kappa shape index (κ2) is 9.54. The zero-order valence-corrected chi connectivity index (χ0v) is 19.6. The number of aryl methyl sites for hydroxylation is 2. The van der Waals surface area contributed by atoms with Gasteiger partial charge < -0.3 is 9.84 Å². The summed E-state index contributed by atoms with van der Waals surface area (Å²) in [6.07, 6.45) is 1.55. The Balaban J connectivity index is 1.85. The summed E-state index contributed by atoms with van der Waals surface area (Å²) in [6, 6.07) is 13.5. The lowest BCUT2D eigenvalue weighted by molar-refractivity contribution is -0.132. The number of hydrogen-bond donors (Lipinski definition) is 1. The summed E-state index contributed by atoms with van der Waals surface area (Å²) >= 11 is 1.26. The molecule has 0 radical (unpaired) electrons. The molecular weight excluding hydrogens is 438 g/mol. The van der Waals surface area contributed by atoms with Crippen molar-refractivity contribution in [1.82, 2.24) is 10.2 Å². The van der Waals surface area contributed by atoms with Crippen molar-refractivity contribution >= 4 is 33.9 Å². The minimum absolute atomic E-state index is 0.0272. The molecule has 0 spiro atoms. The van der Waals surface area contributed by atoms with Gasteiger partial charge in [0.1, 0.15) is 16.5 Å². The highest BCUT2D eigenvalue weighted by Crippen LogP contribution is 2.43. The highest BCUT2D eigenvalue weighted by molar-refractivity contribution is 7.15. The van der Waals surface area contributed by atoms with Crippen LogP contribution in [0.1, 0.15) is 48.0 Å². The molecule has 7 nitrogen and oxygen atoms in total. The first-order valence-electron chi connectivity index (χ1n) is 10.9. The second-order valence-corrected chi connectivity index (χ2v) is 8.83. The maximum absolute atomic E-state index is 13.2. The van der Waals surface area contributed by atoms with Crippen molar-refractivity contribution in [3.63, 3.8) is 0 Å². The van der Waals surface area contributed by atoms with Crippen molar-refractivity contribution in [2.75, 3.05) is 11.5 Å². The first-order valence-corrected chi connectivity index (χ1v) is 11.7. The lowest BCUT2D eigenvalue weighted by atomic mass is 9.95. The van der Waals surface area contributed by atoms with Crippen molar-refractivity contribution in [2.24, 2.45) is 0 Å². The zero-order valence-electron chi connectivity index (χ0n) is 18.7. The van der Waals surface area contributed by atoms with Gasteiger partial charge in [-0.05, 0) is 37.5 Å². The SMILES string of the molecule is CCCOc1ccc(C2/C(=C(\O)c3ccc(C)cc3)C(=O)C(=O)N2c2nnc(CC)s2)cc1. The number of benzene rings is 2. The van der Waals surface area contributed by atoms with Crippen LogP contribution in [0, 0.1) is 6.92 Å². The van der Waals surface area contributed by atoms with Gasteiger partial charge in [-0.25, -0.2) is 0 Å². The molecule has 0 aliphatic carbocycles. The summed E-state index contributed by atoms with van der Waals surface area (Å²) in [6.45, 7) is 6.50. The number of nitrogens with zero attached hydrogens (tertiary/aromatic N) is 3. The molecule has 33 heavy (non-hydrogen) atoms. The Morgan fingerprint density at radius 3 is 2.36 bits per heavy atom. The van der Waals surface area contributed by atoms with Gasteiger partial charge in [-0.3, -0.25) is 14.5 Å². The molecule has 1 aliphatic rings. The number of aromatic nitrogens is 2. The quantitative estimate of drug-likeness (QED) is 0.307. The molecule has 2 aromatic carbocycles. The normalized spacial score (nSPS) is 17.5. The van der Waals surface area contributed by atoms with Crippen LogP contribution in [0.25, 0.3) is 5.76 Å². The number of aliphatic hydroxyl groups is 1. The van der Waals surface area contributed by atoms with Crippen LogP contribution in [0.4, 0.5) is 5.13 Å². The largest absolute Gasteiger partial charge is 0.507 e. The van der Waals surface area contributed by atoms with Crippen molar-refractivity contribution in [1.29, 1.82) is 0 Å². The number of hydrogen-bond acceptors (Lipinski definition) is 7. The topological polar surface area (TPSA) is 92.6 Å². The van der Waals surface area contributed by atoms with Crippen molar-refractivity contribution in [2.45, 2.75) is 39.7 Å². The van der Waals surface area contributed by atoms with Gasteiger partial charge in [0.05, 0.1) is 18.2 Å². The highest BCUT2D eigenvalue weighted by Gasteiger charge is 2.48. The van der Waals surface area contributed by atoms with Gasteiger partial charge in [-0.2, -0.15) is 0 Å². The van der Waals surface area contributed by atoms with E-state index in [0.717, 1.165) is 17.0 Å². The third kappa shape index (κ3) is 4.39. The number of rotatable bonds is 7. The van der Waals surface area contributed by atoms with Crippen LogP contribution in [-0.4, -0.2) is 33.6 Å². The fraction of sp³-hybridized carbons (Fsp3) is 0.280. The van der Waals surface area contributed by atoms with E-state index in [1.807, 2.05) is 32.9 Å². The predicted molar refractivity (Wildman–Crippen MR) is 127 cm³/mol. The smallest absolute Gasteiger partial charge is 0.301 e. The highest BCUT2D eigenvalue weighted by atomic mass is 32.1. The molecular formula is C25H25N3O4S. The van der Waals surface area contributed by atoms with Crippen LogP contribution in [0.5, 0.6) is 5.75 Å². The summed E-state index contributed by atoms with van der Waals surface area (Å²) in [5.41, 5.74) is 2.18. The molecule has 2 heterocycles. The fourth-order valence-electron chi connectivity index (χ4n) is 3.66. The number of Topliss-reactive ketones (excluding diaryl/α,β-unsaturated/α-hetero) is 1. The Morgan fingerprint density at radius 1 is 1.06 bits per heavy atom. The second-order valence-electron chi connectivity index (χ2n) is 7.78. The number of aliphatic hydroxyl groups excluding tert-OH is 1. The van der Waals surface area contributed by atoms with Crippen molar-refractivity contribution in [3.05, 3.63) is 75.8 Å². The van der Waals surface area contributed by atoms with Gasteiger partial charge in [-0.15, -0.1) is 10.2 Å². The molecule has 0 bridgehead atoms. The molecule has 1 unspecified atom stereocenters. The Labute approximate surface area is 196 Å². The van der Waals surface area contributed by atoms with Crippen LogP contribution in [-0.2, 0) is 16.0 Å². The maximum Gasteiger partial charge on any atom is 0.301 e. The Hall–Kier alpha value is -3.52. The number of carbonyl (C=O) groups excluding carboxylic acids is 2. The Morgan fingerprint density at radius 2 is 1.76 bits per heavy atom. The van der Waals surface area contributed by atoms with Crippen LogP contribution >= 0.6 is 11.3 Å². The molecule has 4 rings (SSSR count). The molecule has 1 saturated heterocycles. The maximum atomic E-state index is 13.2.